The third kappa shape index (κ3) is 6.18. The van der Waals surface area contributed by atoms with Crippen LogP contribution in [0.1, 0.15) is 42.4 Å². The highest BCUT2D eigenvalue weighted by atomic mass is 35.5. The minimum absolute atomic E-state index is 0.0812. The number of halogens is 1. The molecule has 0 unspecified atom stereocenters. The number of anilines is 2. The second kappa shape index (κ2) is 11.1. The number of esters is 1. The van der Waals surface area contributed by atoms with Crippen LogP contribution in [0.3, 0.4) is 0 Å². The molecular weight excluding hydrogens is 462 g/mol. The molecule has 0 bridgehead atoms. The molecule has 9 heteroatoms. The number of nitrogens with zero attached hydrogens (tertiary/aromatic N) is 2. The van der Waals surface area contributed by atoms with Crippen molar-refractivity contribution >= 4 is 51.5 Å². The summed E-state index contributed by atoms with van der Waals surface area (Å²) in [5.41, 5.74) is 2.67. The number of aryl methyl sites for hydroxylation is 1. The number of rotatable bonds is 8. The summed E-state index contributed by atoms with van der Waals surface area (Å²) in [6.07, 6.45) is 0.907. The van der Waals surface area contributed by atoms with Crippen molar-refractivity contribution < 1.29 is 19.1 Å². The monoisotopic (exact) mass is 485 g/mol. The average molecular weight is 486 g/mol. The first kappa shape index (κ1) is 24.4. The largest absolute Gasteiger partial charge is 0.458 e. The van der Waals surface area contributed by atoms with E-state index in [-0.39, 0.29) is 18.1 Å². The molecule has 0 saturated carbocycles. The van der Waals surface area contributed by atoms with Crippen LogP contribution in [0, 0.1) is 0 Å². The van der Waals surface area contributed by atoms with Crippen LogP contribution >= 0.6 is 22.9 Å². The van der Waals surface area contributed by atoms with Crippen molar-refractivity contribution in [3.63, 3.8) is 0 Å². The van der Waals surface area contributed by atoms with Crippen LogP contribution in [0.25, 0.3) is 0 Å². The third-order valence-electron chi connectivity index (χ3n) is 4.83. The van der Waals surface area contributed by atoms with Crippen LogP contribution in [0.5, 0.6) is 0 Å². The highest BCUT2D eigenvalue weighted by Crippen LogP contribution is 2.29. The molecule has 1 atom stereocenters. The van der Waals surface area contributed by atoms with Crippen LogP contribution in [0.4, 0.5) is 10.8 Å². The standard InChI is InChI=1S/C24H24ClN3O4S/c1-4-17-9-11-19(12-10-17)28(16(3)29)24-27-18(14-33-24)13-32-23(31)15(2)26-22(30)20-7-5-6-8-21(20)25/h5-12,14-15H,4,13H2,1-3H3,(H,26,30)/t15-/m0/s1. The summed E-state index contributed by atoms with van der Waals surface area (Å²) in [5, 5.41) is 5.08. The van der Waals surface area contributed by atoms with E-state index in [1.165, 1.54) is 35.6 Å². The van der Waals surface area contributed by atoms with Gasteiger partial charge in [-0.25, -0.2) is 9.78 Å². The van der Waals surface area contributed by atoms with Gasteiger partial charge in [-0.2, -0.15) is 0 Å². The molecular formula is C24H24ClN3O4S. The molecule has 172 valence electrons. The topological polar surface area (TPSA) is 88.6 Å². The second-order valence-corrected chi connectivity index (χ2v) is 8.52. The van der Waals surface area contributed by atoms with Crippen molar-refractivity contribution in [1.29, 1.82) is 0 Å². The van der Waals surface area contributed by atoms with Gasteiger partial charge in [-0.15, -0.1) is 11.3 Å². The van der Waals surface area contributed by atoms with Crippen LogP contribution < -0.4 is 10.2 Å². The van der Waals surface area contributed by atoms with Crippen molar-refractivity contribution in [2.24, 2.45) is 0 Å². The summed E-state index contributed by atoms with van der Waals surface area (Å²) in [4.78, 5) is 42.9. The van der Waals surface area contributed by atoms with E-state index in [1.807, 2.05) is 24.3 Å². The minimum Gasteiger partial charge on any atom is -0.458 e. The first-order valence-electron chi connectivity index (χ1n) is 10.4. The van der Waals surface area contributed by atoms with Crippen LogP contribution in [-0.4, -0.2) is 28.8 Å². The van der Waals surface area contributed by atoms with E-state index < -0.39 is 17.9 Å². The lowest BCUT2D eigenvalue weighted by Gasteiger charge is -2.18. The molecule has 0 saturated heterocycles. The Balaban J connectivity index is 1.61. The Bertz CT molecular complexity index is 1150. The number of carbonyl (C=O) groups is 3. The number of benzene rings is 2. The Morgan fingerprint density at radius 2 is 1.85 bits per heavy atom. The summed E-state index contributed by atoms with van der Waals surface area (Å²) in [6.45, 7) is 4.98. The van der Waals surface area contributed by atoms with Crippen molar-refractivity contribution in [2.45, 2.75) is 39.8 Å². The predicted octanol–water partition coefficient (Wildman–Crippen LogP) is 4.91. The number of aromatic nitrogens is 1. The molecule has 0 radical (unpaired) electrons. The normalized spacial score (nSPS) is 11.5. The summed E-state index contributed by atoms with van der Waals surface area (Å²) >= 11 is 7.30. The van der Waals surface area contributed by atoms with Gasteiger partial charge in [0.15, 0.2) is 5.13 Å². The van der Waals surface area contributed by atoms with Crippen LogP contribution in [0.2, 0.25) is 5.02 Å². The fourth-order valence-corrected chi connectivity index (χ4v) is 4.11. The molecule has 3 aromatic rings. The Hall–Kier alpha value is -3.23. The molecule has 7 nitrogen and oxygen atoms in total. The summed E-state index contributed by atoms with van der Waals surface area (Å²) in [6, 6.07) is 13.4. The lowest BCUT2D eigenvalue weighted by atomic mass is 10.1. The summed E-state index contributed by atoms with van der Waals surface area (Å²) in [5.74, 6) is -1.25. The number of ether oxygens (including phenoxy) is 1. The summed E-state index contributed by atoms with van der Waals surface area (Å²) in [7, 11) is 0. The van der Waals surface area contributed by atoms with Gasteiger partial charge in [0.25, 0.3) is 5.91 Å². The Labute approximate surface area is 201 Å². The van der Waals surface area contributed by atoms with E-state index in [4.69, 9.17) is 16.3 Å². The lowest BCUT2D eigenvalue weighted by Crippen LogP contribution is -2.39. The Morgan fingerprint density at radius 1 is 1.15 bits per heavy atom. The third-order valence-corrected chi connectivity index (χ3v) is 6.03. The lowest BCUT2D eigenvalue weighted by molar-refractivity contribution is -0.146. The molecule has 0 aliphatic carbocycles. The molecule has 1 aromatic heterocycles. The maximum Gasteiger partial charge on any atom is 0.328 e. The highest BCUT2D eigenvalue weighted by Gasteiger charge is 2.21. The van der Waals surface area contributed by atoms with Gasteiger partial charge < -0.3 is 10.1 Å². The van der Waals surface area contributed by atoms with E-state index in [0.29, 0.717) is 21.5 Å². The molecule has 0 fully saturated rings. The predicted molar refractivity (Wildman–Crippen MR) is 129 cm³/mol. The quantitative estimate of drug-likeness (QED) is 0.458. The highest BCUT2D eigenvalue weighted by molar-refractivity contribution is 7.14. The minimum atomic E-state index is -0.877. The van der Waals surface area contributed by atoms with Crippen molar-refractivity contribution in [3.8, 4) is 0 Å². The van der Waals surface area contributed by atoms with Crippen molar-refractivity contribution in [1.82, 2.24) is 10.3 Å². The van der Waals surface area contributed by atoms with E-state index in [1.54, 1.807) is 29.6 Å². The van der Waals surface area contributed by atoms with Crippen LogP contribution in [-0.2, 0) is 27.4 Å². The number of nitrogens with one attached hydrogen (secondary N) is 1. The molecule has 1 N–H and O–H groups in total. The molecule has 2 aromatic carbocycles. The maximum atomic E-state index is 12.3. The zero-order valence-electron chi connectivity index (χ0n) is 18.5. The van der Waals surface area contributed by atoms with Gasteiger partial charge in [0.05, 0.1) is 22.0 Å². The van der Waals surface area contributed by atoms with E-state index >= 15 is 0 Å². The molecule has 2 amide bonds. The Morgan fingerprint density at radius 3 is 2.48 bits per heavy atom. The smallest absolute Gasteiger partial charge is 0.328 e. The number of amides is 2. The fourth-order valence-electron chi connectivity index (χ4n) is 3.02. The van der Waals surface area contributed by atoms with Gasteiger partial charge in [-0.1, -0.05) is 42.8 Å². The number of thiazole rings is 1. The molecule has 0 aliphatic heterocycles. The fraction of sp³-hybridized carbons (Fsp3) is 0.250. The van der Waals surface area contributed by atoms with Gasteiger partial charge in [0, 0.05) is 12.3 Å². The van der Waals surface area contributed by atoms with Crippen molar-refractivity contribution in [2.75, 3.05) is 4.90 Å². The van der Waals surface area contributed by atoms with Gasteiger partial charge in [-0.05, 0) is 43.2 Å². The van der Waals surface area contributed by atoms with Gasteiger partial charge in [-0.3, -0.25) is 14.5 Å². The number of hydrogen-bond donors (Lipinski definition) is 1. The second-order valence-electron chi connectivity index (χ2n) is 7.28. The van der Waals surface area contributed by atoms with E-state index in [0.717, 1.165) is 6.42 Å². The molecule has 33 heavy (non-hydrogen) atoms. The Kier molecular flexibility index (Phi) is 8.19. The molecule has 0 aliphatic rings. The zero-order valence-corrected chi connectivity index (χ0v) is 20.1. The molecule has 0 spiro atoms. The number of hydrogen-bond acceptors (Lipinski definition) is 6. The average Bonchev–Trinajstić information content (AvgIpc) is 3.26. The van der Waals surface area contributed by atoms with Crippen LogP contribution in [0.15, 0.2) is 53.9 Å². The number of carbonyl (C=O) groups excluding carboxylic acids is 3. The molecule has 3 rings (SSSR count). The van der Waals surface area contributed by atoms with Gasteiger partial charge >= 0.3 is 5.97 Å². The maximum absolute atomic E-state index is 12.3. The summed E-state index contributed by atoms with van der Waals surface area (Å²) < 4.78 is 5.30. The van der Waals surface area contributed by atoms with E-state index in [9.17, 15) is 14.4 Å². The SMILES string of the molecule is CCc1ccc(N(C(C)=O)c2nc(COC(=O)[C@H](C)NC(=O)c3ccccc3Cl)cs2)cc1. The van der Waals surface area contributed by atoms with E-state index in [2.05, 4.69) is 17.2 Å². The zero-order chi connectivity index (χ0) is 24.0. The first-order valence-corrected chi connectivity index (χ1v) is 11.6. The first-order chi connectivity index (χ1) is 15.8. The van der Waals surface area contributed by atoms with Crippen molar-refractivity contribution in [3.05, 3.63) is 75.8 Å². The van der Waals surface area contributed by atoms with Gasteiger partial charge in [0.2, 0.25) is 5.91 Å². The molecule has 1 heterocycles. The van der Waals surface area contributed by atoms with Gasteiger partial charge in [0.1, 0.15) is 12.6 Å².